The third kappa shape index (κ3) is 4.84. The monoisotopic (exact) mass is 257 g/mol. The summed E-state index contributed by atoms with van der Waals surface area (Å²) < 4.78 is 0. The van der Waals surface area contributed by atoms with Crippen LogP contribution >= 0.6 is 0 Å². The molecule has 1 saturated carbocycles. The summed E-state index contributed by atoms with van der Waals surface area (Å²) in [6.45, 7) is 5.69. The summed E-state index contributed by atoms with van der Waals surface area (Å²) in [5, 5.41) is 9.45. The first-order chi connectivity index (χ1) is 8.50. The topological polar surface area (TPSA) is 52.7 Å². The molecule has 0 heterocycles. The summed E-state index contributed by atoms with van der Waals surface area (Å²) in [7, 11) is 4.23. The molecule has 0 saturated heterocycles. The van der Waals surface area contributed by atoms with Crippen molar-refractivity contribution >= 4 is 0 Å². The Bertz CT molecular complexity index is 235. The molecule has 3 N–H and O–H groups in total. The fourth-order valence-electron chi connectivity index (χ4n) is 2.91. The van der Waals surface area contributed by atoms with Gasteiger partial charge in [-0.2, -0.15) is 0 Å². The Morgan fingerprint density at radius 1 is 1.28 bits per heavy atom. The number of likely N-dealkylation sites (N-methyl/N-ethyl adjacent to an activating group) is 1. The predicted molar refractivity (Wildman–Crippen MR) is 76.7 cm³/mol. The molecule has 18 heavy (non-hydrogen) atoms. The maximum Gasteiger partial charge on any atom is 0.0611 e. The van der Waals surface area contributed by atoms with Gasteiger partial charge in [0.25, 0.3) is 0 Å². The molecule has 108 valence electrons. The molecule has 0 aliphatic heterocycles. The maximum absolute atomic E-state index is 9.45. The zero-order valence-corrected chi connectivity index (χ0v) is 12.4. The van der Waals surface area contributed by atoms with Crippen LogP contribution < -0.4 is 5.73 Å². The Hall–Kier alpha value is -0.160. The molecule has 1 aliphatic carbocycles. The average Bonchev–Trinajstić information content (AvgIpc) is 2.34. The minimum absolute atomic E-state index is 0.122. The molecule has 2 atom stereocenters. The van der Waals surface area contributed by atoms with E-state index in [1.807, 2.05) is 0 Å². The maximum atomic E-state index is 9.45. The molecule has 0 amide bonds. The summed E-state index contributed by atoms with van der Waals surface area (Å²) in [5.74, 6) is 0. The second-order valence-electron chi connectivity index (χ2n) is 6.11. The average molecular weight is 257 g/mol. The van der Waals surface area contributed by atoms with E-state index < -0.39 is 0 Å². The molecule has 0 spiro atoms. The van der Waals surface area contributed by atoms with Crippen molar-refractivity contribution in [2.75, 3.05) is 40.3 Å². The van der Waals surface area contributed by atoms with E-state index in [0.29, 0.717) is 6.04 Å². The first-order valence-corrected chi connectivity index (χ1v) is 7.29. The van der Waals surface area contributed by atoms with Crippen molar-refractivity contribution in [1.82, 2.24) is 9.80 Å². The number of nitrogens with zero attached hydrogens (tertiary/aromatic N) is 2. The van der Waals surface area contributed by atoms with Gasteiger partial charge in [-0.15, -0.1) is 0 Å². The highest BCUT2D eigenvalue weighted by molar-refractivity contribution is 4.93. The van der Waals surface area contributed by atoms with Crippen molar-refractivity contribution in [1.29, 1.82) is 0 Å². The molecule has 1 aliphatic rings. The molecule has 0 aromatic carbocycles. The second-order valence-corrected chi connectivity index (χ2v) is 6.11. The zero-order valence-electron chi connectivity index (χ0n) is 12.4. The number of rotatable bonds is 7. The van der Waals surface area contributed by atoms with Gasteiger partial charge < -0.3 is 15.7 Å². The lowest BCUT2D eigenvalue weighted by atomic mass is 9.79. The molecule has 0 bridgehead atoms. The van der Waals surface area contributed by atoms with Gasteiger partial charge in [0.05, 0.1) is 6.61 Å². The van der Waals surface area contributed by atoms with Gasteiger partial charge in [-0.3, -0.25) is 4.90 Å². The zero-order chi connectivity index (χ0) is 13.6. The van der Waals surface area contributed by atoms with Gasteiger partial charge in [0, 0.05) is 24.7 Å². The fraction of sp³-hybridized carbons (Fsp3) is 1.00. The summed E-state index contributed by atoms with van der Waals surface area (Å²) in [6, 6.07) is 0.552. The third-order valence-electron chi connectivity index (χ3n) is 4.03. The Balaban J connectivity index is 2.55. The van der Waals surface area contributed by atoms with E-state index >= 15 is 0 Å². The Kier molecular flexibility index (Phi) is 6.57. The van der Waals surface area contributed by atoms with E-state index in [4.69, 9.17) is 5.73 Å². The molecule has 1 rings (SSSR count). The van der Waals surface area contributed by atoms with E-state index in [2.05, 4.69) is 30.8 Å². The Labute approximate surface area is 112 Å². The Morgan fingerprint density at radius 2 is 2.00 bits per heavy atom. The van der Waals surface area contributed by atoms with Gasteiger partial charge in [-0.05, 0) is 52.7 Å². The molecule has 0 aromatic heterocycles. The van der Waals surface area contributed by atoms with Crippen LogP contribution in [0.3, 0.4) is 0 Å². The van der Waals surface area contributed by atoms with Crippen LogP contribution in [0.5, 0.6) is 0 Å². The SMILES string of the molecule is CCCN(CCN(C)C)C1CCCC(N)(CO)C1. The van der Waals surface area contributed by atoms with Crippen LogP contribution in [0, 0.1) is 0 Å². The fourth-order valence-corrected chi connectivity index (χ4v) is 2.91. The molecule has 4 heteroatoms. The number of hydrogen-bond donors (Lipinski definition) is 2. The lowest BCUT2D eigenvalue weighted by Gasteiger charge is -2.42. The lowest BCUT2D eigenvalue weighted by molar-refractivity contribution is 0.0770. The minimum atomic E-state index is -0.340. The standard InChI is InChI=1S/C14H31N3O/c1-4-8-17(10-9-16(2)3)13-6-5-7-14(15,11-13)12-18/h13,18H,4-12,15H2,1-3H3. The summed E-state index contributed by atoms with van der Waals surface area (Å²) >= 11 is 0. The van der Waals surface area contributed by atoms with E-state index in [-0.39, 0.29) is 12.1 Å². The number of aliphatic hydroxyl groups excluding tert-OH is 1. The molecule has 1 fully saturated rings. The molecular formula is C14H31N3O. The van der Waals surface area contributed by atoms with Crippen LogP contribution in [-0.2, 0) is 0 Å². The predicted octanol–water partition coefficient (Wildman–Crippen LogP) is 0.892. The highest BCUT2D eigenvalue weighted by atomic mass is 16.3. The van der Waals surface area contributed by atoms with Gasteiger partial charge in [0.1, 0.15) is 0 Å². The van der Waals surface area contributed by atoms with Gasteiger partial charge in [-0.1, -0.05) is 6.92 Å². The molecule has 4 nitrogen and oxygen atoms in total. The quantitative estimate of drug-likeness (QED) is 0.711. The Morgan fingerprint density at radius 3 is 2.56 bits per heavy atom. The van der Waals surface area contributed by atoms with E-state index in [0.717, 1.165) is 38.9 Å². The lowest BCUT2D eigenvalue weighted by Crippen LogP contribution is -2.54. The van der Waals surface area contributed by atoms with E-state index in [1.165, 1.54) is 12.8 Å². The van der Waals surface area contributed by atoms with Gasteiger partial charge in [-0.25, -0.2) is 0 Å². The van der Waals surface area contributed by atoms with Crippen LogP contribution in [0.15, 0.2) is 0 Å². The first kappa shape index (κ1) is 15.9. The number of hydrogen-bond acceptors (Lipinski definition) is 4. The summed E-state index contributed by atoms with van der Waals surface area (Å²) in [6.07, 6.45) is 5.46. The van der Waals surface area contributed by atoms with Gasteiger partial charge in [0.15, 0.2) is 0 Å². The third-order valence-corrected chi connectivity index (χ3v) is 4.03. The molecule has 2 unspecified atom stereocenters. The van der Waals surface area contributed by atoms with Crippen LogP contribution in [0.25, 0.3) is 0 Å². The first-order valence-electron chi connectivity index (χ1n) is 7.29. The molecular weight excluding hydrogens is 226 g/mol. The van der Waals surface area contributed by atoms with Crippen LogP contribution in [0.4, 0.5) is 0 Å². The molecule has 0 radical (unpaired) electrons. The number of nitrogens with two attached hydrogens (primary N) is 1. The van der Waals surface area contributed by atoms with Crippen molar-refractivity contribution in [3.05, 3.63) is 0 Å². The van der Waals surface area contributed by atoms with Crippen molar-refractivity contribution in [2.24, 2.45) is 5.73 Å². The molecule has 0 aromatic rings. The largest absolute Gasteiger partial charge is 0.394 e. The second kappa shape index (κ2) is 7.43. The van der Waals surface area contributed by atoms with Crippen molar-refractivity contribution in [3.8, 4) is 0 Å². The minimum Gasteiger partial charge on any atom is -0.394 e. The number of aliphatic hydroxyl groups is 1. The highest BCUT2D eigenvalue weighted by Gasteiger charge is 2.34. The van der Waals surface area contributed by atoms with Gasteiger partial charge >= 0.3 is 0 Å². The van der Waals surface area contributed by atoms with E-state index in [9.17, 15) is 5.11 Å². The summed E-state index contributed by atoms with van der Waals surface area (Å²) in [4.78, 5) is 4.80. The smallest absolute Gasteiger partial charge is 0.0611 e. The van der Waals surface area contributed by atoms with Crippen molar-refractivity contribution < 1.29 is 5.11 Å². The van der Waals surface area contributed by atoms with Crippen LogP contribution in [0.2, 0.25) is 0 Å². The van der Waals surface area contributed by atoms with Gasteiger partial charge in [0.2, 0.25) is 0 Å². The highest BCUT2D eigenvalue weighted by Crippen LogP contribution is 2.29. The summed E-state index contributed by atoms with van der Waals surface area (Å²) in [5.41, 5.74) is 5.91. The van der Waals surface area contributed by atoms with Crippen LogP contribution in [0.1, 0.15) is 39.0 Å². The normalized spacial score (nSPS) is 29.2. The van der Waals surface area contributed by atoms with Crippen molar-refractivity contribution in [3.63, 3.8) is 0 Å². The van der Waals surface area contributed by atoms with E-state index in [1.54, 1.807) is 0 Å². The van der Waals surface area contributed by atoms with Crippen LogP contribution in [-0.4, -0.2) is 66.8 Å². The van der Waals surface area contributed by atoms with Crippen molar-refractivity contribution in [2.45, 2.75) is 50.6 Å².